The summed E-state index contributed by atoms with van der Waals surface area (Å²) in [5, 5.41) is 0. The molecule has 1 aliphatic carbocycles. The molecule has 5 rings (SSSR count). The van der Waals surface area contributed by atoms with Crippen LogP contribution in [0.25, 0.3) is 5.57 Å². The van der Waals surface area contributed by atoms with E-state index in [0.29, 0.717) is 23.1 Å². The van der Waals surface area contributed by atoms with Crippen LogP contribution in [0, 0.1) is 5.41 Å². The monoisotopic (exact) mass is 494 g/mol. The van der Waals surface area contributed by atoms with Gasteiger partial charge >= 0.3 is 5.97 Å². The lowest BCUT2D eigenvalue weighted by molar-refractivity contribution is -0.0256. The Hall–Kier alpha value is -2.11. The number of nitrogens with zero attached hydrogens (tertiary/aromatic N) is 2. The van der Waals surface area contributed by atoms with E-state index < -0.39 is 0 Å². The van der Waals surface area contributed by atoms with Gasteiger partial charge in [-0.3, -0.25) is 4.90 Å². The van der Waals surface area contributed by atoms with E-state index in [1.165, 1.54) is 56.2 Å². The van der Waals surface area contributed by atoms with Gasteiger partial charge in [-0.2, -0.15) is 0 Å². The zero-order valence-electron chi connectivity index (χ0n) is 18.9. The number of carbonyl (C=O) groups excluding carboxylic acids is 1. The number of carbonyl (C=O) groups is 1. The first-order chi connectivity index (χ1) is 15.4. The van der Waals surface area contributed by atoms with Crippen molar-refractivity contribution < 1.29 is 9.53 Å². The lowest BCUT2D eigenvalue weighted by Gasteiger charge is -2.62. The Morgan fingerprint density at radius 1 is 1.16 bits per heavy atom. The van der Waals surface area contributed by atoms with Gasteiger partial charge in [0.2, 0.25) is 0 Å². The van der Waals surface area contributed by atoms with Crippen LogP contribution in [0.15, 0.2) is 53.5 Å². The fourth-order valence-electron chi connectivity index (χ4n) is 6.09. The van der Waals surface area contributed by atoms with Crippen molar-refractivity contribution in [2.24, 2.45) is 5.41 Å². The molecule has 2 saturated heterocycles. The molecule has 2 aliphatic heterocycles. The Labute approximate surface area is 199 Å². The molecular formula is C27H31BrN2O2. The van der Waals surface area contributed by atoms with Gasteiger partial charge in [-0.1, -0.05) is 36.4 Å². The van der Waals surface area contributed by atoms with Gasteiger partial charge in [0.05, 0.1) is 12.7 Å². The maximum atomic E-state index is 11.8. The van der Waals surface area contributed by atoms with Crippen molar-refractivity contribution in [2.75, 3.05) is 31.6 Å². The molecule has 32 heavy (non-hydrogen) atoms. The van der Waals surface area contributed by atoms with Gasteiger partial charge < -0.3 is 9.64 Å². The van der Waals surface area contributed by atoms with Crippen LogP contribution in [0.4, 0.5) is 5.69 Å². The third-order valence-corrected chi connectivity index (χ3v) is 8.31. The molecule has 4 nitrogen and oxygen atoms in total. The predicted octanol–water partition coefficient (Wildman–Crippen LogP) is 6.07. The number of allylic oxidation sites excluding steroid dienone is 1. The Bertz CT molecular complexity index is 1050. The molecular weight excluding hydrogens is 464 g/mol. The summed E-state index contributed by atoms with van der Waals surface area (Å²) in [5.41, 5.74) is 6.16. The van der Waals surface area contributed by atoms with E-state index in [-0.39, 0.29) is 5.97 Å². The van der Waals surface area contributed by atoms with Gasteiger partial charge in [0.15, 0.2) is 0 Å². The Morgan fingerprint density at radius 3 is 2.59 bits per heavy atom. The average Bonchev–Trinajstić information content (AvgIpc) is 3.20. The maximum absolute atomic E-state index is 11.8. The van der Waals surface area contributed by atoms with E-state index in [2.05, 4.69) is 63.5 Å². The Kier molecular flexibility index (Phi) is 5.67. The summed E-state index contributed by atoms with van der Waals surface area (Å²) in [7, 11) is 1.41. The van der Waals surface area contributed by atoms with Crippen molar-refractivity contribution >= 4 is 33.2 Å². The topological polar surface area (TPSA) is 32.8 Å². The molecule has 0 bridgehead atoms. The molecule has 2 heterocycles. The second-order valence-corrected chi connectivity index (χ2v) is 10.7. The number of rotatable bonds is 5. The van der Waals surface area contributed by atoms with Crippen LogP contribution in [0.5, 0.6) is 0 Å². The first-order valence-corrected chi connectivity index (χ1v) is 12.3. The SMILES string of the molecule is C=C(C)c1ccccc1[C@@H]1CCCN1C1CC2(C1)CN(c1ccc(C(=O)OC)c(Br)c1)C2. The quantitative estimate of drug-likeness (QED) is 0.471. The highest BCUT2D eigenvalue weighted by atomic mass is 79.9. The molecule has 0 amide bonds. The summed E-state index contributed by atoms with van der Waals surface area (Å²) in [6.07, 6.45) is 5.11. The second-order valence-electron chi connectivity index (χ2n) is 9.84. The second kappa shape index (κ2) is 8.35. The van der Waals surface area contributed by atoms with Gasteiger partial charge in [-0.15, -0.1) is 0 Å². The first-order valence-electron chi connectivity index (χ1n) is 11.5. The molecule has 5 heteroatoms. The number of benzene rings is 2. The average molecular weight is 495 g/mol. The van der Waals surface area contributed by atoms with Crippen molar-refractivity contribution in [1.82, 2.24) is 4.90 Å². The maximum Gasteiger partial charge on any atom is 0.339 e. The number of esters is 1. The van der Waals surface area contributed by atoms with Crippen molar-refractivity contribution in [3.05, 3.63) is 70.2 Å². The van der Waals surface area contributed by atoms with E-state index in [1.807, 2.05) is 18.2 Å². The molecule has 0 unspecified atom stereocenters. The Morgan fingerprint density at radius 2 is 1.91 bits per heavy atom. The summed E-state index contributed by atoms with van der Waals surface area (Å²) in [6, 6.07) is 16.0. The molecule has 1 spiro atoms. The summed E-state index contributed by atoms with van der Waals surface area (Å²) >= 11 is 3.53. The minimum absolute atomic E-state index is 0.307. The van der Waals surface area contributed by atoms with Crippen LogP contribution in [-0.2, 0) is 4.74 Å². The largest absolute Gasteiger partial charge is 0.465 e. The fraction of sp³-hybridized carbons (Fsp3) is 0.444. The van der Waals surface area contributed by atoms with Crippen LogP contribution in [0.3, 0.4) is 0 Å². The fourth-order valence-corrected chi connectivity index (χ4v) is 6.62. The van der Waals surface area contributed by atoms with Gasteiger partial charge in [0.25, 0.3) is 0 Å². The number of halogens is 1. The standard InChI is InChI=1S/C27H31BrN2O2/c1-18(2)21-7-4-5-8-22(21)25-9-6-12-30(25)20-14-27(15-20)16-29(17-27)19-10-11-23(24(28)13-19)26(31)32-3/h4-5,7-8,10-11,13,20,25H,1,6,9,12,14-17H2,2-3H3/t25-/m0/s1. The number of likely N-dealkylation sites (tertiary alicyclic amines) is 1. The molecule has 168 valence electrons. The highest BCUT2D eigenvalue weighted by molar-refractivity contribution is 9.10. The smallest absolute Gasteiger partial charge is 0.339 e. The van der Waals surface area contributed by atoms with E-state index in [9.17, 15) is 4.79 Å². The highest BCUT2D eigenvalue weighted by Gasteiger charge is 2.55. The van der Waals surface area contributed by atoms with E-state index in [1.54, 1.807) is 0 Å². The van der Waals surface area contributed by atoms with E-state index in [4.69, 9.17) is 4.74 Å². The normalized spacial score (nSPS) is 22.5. The van der Waals surface area contributed by atoms with Crippen molar-refractivity contribution in [3.63, 3.8) is 0 Å². The molecule has 1 atom stereocenters. The Balaban J connectivity index is 1.22. The van der Waals surface area contributed by atoms with Crippen LogP contribution in [-0.4, -0.2) is 43.7 Å². The molecule has 3 fully saturated rings. The third kappa shape index (κ3) is 3.69. The summed E-state index contributed by atoms with van der Waals surface area (Å²) in [5.74, 6) is -0.307. The van der Waals surface area contributed by atoms with Crippen LogP contribution < -0.4 is 4.90 Å². The zero-order valence-corrected chi connectivity index (χ0v) is 20.5. The van der Waals surface area contributed by atoms with Crippen LogP contribution in [0.2, 0.25) is 0 Å². The lowest BCUT2D eigenvalue weighted by Crippen LogP contribution is -2.66. The summed E-state index contributed by atoms with van der Waals surface area (Å²) in [6.45, 7) is 9.76. The van der Waals surface area contributed by atoms with Crippen LogP contribution >= 0.6 is 15.9 Å². The molecule has 2 aromatic carbocycles. The summed E-state index contributed by atoms with van der Waals surface area (Å²) < 4.78 is 5.64. The van der Waals surface area contributed by atoms with Crippen molar-refractivity contribution in [3.8, 4) is 0 Å². The van der Waals surface area contributed by atoms with Crippen LogP contribution in [0.1, 0.15) is 60.1 Å². The van der Waals surface area contributed by atoms with E-state index >= 15 is 0 Å². The lowest BCUT2D eigenvalue weighted by atomic mass is 9.60. The molecule has 0 aromatic heterocycles. The number of methoxy groups -OCH3 is 1. The van der Waals surface area contributed by atoms with Crippen molar-refractivity contribution in [1.29, 1.82) is 0 Å². The molecule has 3 aliphatic rings. The van der Waals surface area contributed by atoms with Crippen molar-refractivity contribution in [2.45, 2.75) is 44.7 Å². The predicted molar refractivity (Wildman–Crippen MR) is 133 cm³/mol. The zero-order chi connectivity index (χ0) is 22.5. The molecule has 2 aromatic rings. The number of hydrogen-bond acceptors (Lipinski definition) is 4. The molecule has 0 N–H and O–H groups in total. The van der Waals surface area contributed by atoms with Gasteiger partial charge in [-0.05, 0) is 84.4 Å². The first kappa shape index (κ1) is 21.7. The van der Waals surface area contributed by atoms with Gasteiger partial charge in [0, 0.05) is 40.7 Å². The number of anilines is 1. The number of ether oxygens (including phenoxy) is 1. The highest BCUT2D eigenvalue weighted by Crippen LogP contribution is 2.54. The minimum atomic E-state index is -0.307. The molecule has 0 radical (unpaired) electrons. The third-order valence-electron chi connectivity index (χ3n) is 7.66. The summed E-state index contributed by atoms with van der Waals surface area (Å²) in [4.78, 5) is 17.0. The minimum Gasteiger partial charge on any atom is -0.465 e. The van der Waals surface area contributed by atoms with Gasteiger partial charge in [0.1, 0.15) is 0 Å². The van der Waals surface area contributed by atoms with Gasteiger partial charge in [-0.25, -0.2) is 4.79 Å². The van der Waals surface area contributed by atoms with E-state index in [0.717, 1.165) is 23.1 Å². The molecule has 1 saturated carbocycles. The number of hydrogen-bond donors (Lipinski definition) is 0.